The number of likely N-dealkylation sites (N-methyl/N-ethyl adjacent to an activating group) is 1. The molecule has 59 heavy (non-hydrogen) atoms. The zero-order chi connectivity index (χ0) is 41.0. The molecule has 6 heterocycles. The Morgan fingerprint density at radius 1 is 0.949 bits per heavy atom. The van der Waals surface area contributed by atoms with E-state index in [4.69, 9.17) is 68.2 Å². The highest BCUT2D eigenvalue weighted by Crippen LogP contribution is 2.45. The highest BCUT2D eigenvalue weighted by atomic mass is 35.5. The monoisotopic (exact) mass is 876 g/mol. The van der Waals surface area contributed by atoms with Crippen LogP contribution in [0.3, 0.4) is 0 Å². The molecule has 6 aromatic rings. The van der Waals surface area contributed by atoms with Gasteiger partial charge in [0.15, 0.2) is 11.6 Å². The first kappa shape index (κ1) is 40.8. The summed E-state index contributed by atoms with van der Waals surface area (Å²) < 4.78 is 42.0. The molecule has 2 atom stereocenters. The molecule has 13 nitrogen and oxygen atoms in total. The molecule has 9 rings (SSSR count). The van der Waals surface area contributed by atoms with E-state index in [1.165, 1.54) is 7.11 Å². The largest absolute Gasteiger partial charge is 0.496 e. The molecule has 3 aliphatic rings. The predicted octanol–water partition coefficient (Wildman–Crippen LogP) is 7.91. The number of hydrogen-bond donors (Lipinski definition) is 0. The van der Waals surface area contributed by atoms with Gasteiger partial charge in [-0.25, -0.2) is 19.7 Å². The summed E-state index contributed by atoms with van der Waals surface area (Å²) in [5.41, 5.74) is 3.02. The van der Waals surface area contributed by atoms with Crippen molar-refractivity contribution in [2.24, 2.45) is 0 Å². The predicted molar refractivity (Wildman–Crippen MR) is 227 cm³/mol. The van der Waals surface area contributed by atoms with E-state index in [1.54, 1.807) is 49.8 Å². The fourth-order valence-corrected chi connectivity index (χ4v) is 8.54. The first-order valence-electron chi connectivity index (χ1n) is 18.8. The van der Waals surface area contributed by atoms with Crippen LogP contribution in [0.1, 0.15) is 11.3 Å². The third-order valence-corrected chi connectivity index (χ3v) is 11.7. The minimum absolute atomic E-state index is 0.0236. The topological polar surface area (TPSA) is 130 Å². The van der Waals surface area contributed by atoms with Gasteiger partial charge in [0.05, 0.1) is 45.6 Å². The highest BCUT2D eigenvalue weighted by molar-refractivity contribution is 7.13. The smallest absolute Gasteiger partial charge is 0.347 e. The van der Waals surface area contributed by atoms with E-state index in [0.717, 1.165) is 43.3 Å². The van der Waals surface area contributed by atoms with Crippen LogP contribution in [0.4, 0.5) is 0 Å². The lowest BCUT2D eigenvalue weighted by atomic mass is 10.0. The molecule has 0 radical (unpaired) electrons. The number of benzene rings is 3. The highest BCUT2D eigenvalue weighted by Gasteiger charge is 2.30. The van der Waals surface area contributed by atoms with Crippen LogP contribution in [0.2, 0.25) is 15.2 Å². The Labute approximate surface area is 359 Å². The number of piperazine rings is 1. The summed E-state index contributed by atoms with van der Waals surface area (Å²) in [6, 6.07) is 18.2. The van der Waals surface area contributed by atoms with Gasteiger partial charge in [-0.1, -0.05) is 46.9 Å². The van der Waals surface area contributed by atoms with Gasteiger partial charge in [-0.3, -0.25) is 4.90 Å². The summed E-state index contributed by atoms with van der Waals surface area (Å²) in [7, 11) is 5.02. The average Bonchev–Trinajstić information content (AvgIpc) is 3.65. The molecule has 0 amide bonds. The van der Waals surface area contributed by atoms with Gasteiger partial charge < -0.3 is 33.3 Å². The average molecular weight is 878 g/mol. The summed E-state index contributed by atoms with van der Waals surface area (Å²) in [6.07, 6.45) is 1.65. The van der Waals surface area contributed by atoms with E-state index in [1.807, 2.05) is 30.3 Å². The minimum Gasteiger partial charge on any atom is -0.496 e. The van der Waals surface area contributed by atoms with Crippen molar-refractivity contribution in [2.75, 3.05) is 60.6 Å². The summed E-state index contributed by atoms with van der Waals surface area (Å²) in [5.74, 6) is 1.97. The minimum atomic E-state index is -1.17. The fraction of sp³-hybridized carbons (Fsp3) is 0.310. The number of pyridine rings is 1. The quantitative estimate of drug-likeness (QED) is 0.109. The Morgan fingerprint density at radius 2 is 1.75 bits per heavy atom. The Balaban J connectivity index is 1.18. The fourth-order valence-electron chi connectivity index (χ4n) is 7.02. The van der Waals surface area contributed by atoms with Crippen molar-refractivity contribution in [3.63, 3.8) is 0 Å². The Bertz CT molecular complexity index is 2460. The number of ether oxygens (including phenoxy) is 6. The lowest BCUT2D eigenvalue weighted by Gasteiger charge is -2.34. The third kappa shape index (κ3) is 9.13. The van der Waals surface area contributed by atoms with Crippen LogP contribution in [0.15, 0.2) is 73.1 Å². The Kier molecular flexibility index (Phi) is 12.5. The van der Waals surface area contributed by atoms with Gasteiger partial charge in [-0.15, -0.1) is 0 Å². The SMILES string of the molecule is COC(=O)[C@@H]1Cc2cc(ccc2OCc2ccnc(-c3ccccc3OC)n2)OC[C@@H](CN2CCN(C)CC2)Oc2c(Cl)cc(cc2Cl)-c2c(Cl)ncc3snc(c23)O1. The molecule has 0 spiro atoms. The number of aromatic nitrogens is 4. The molecular weight excluding hydrogens is 839 g/mol. The number of esters is 1. The molecule has 306 valence electrons. The van der Waals surface area contributed by atoms with Crippen molar-refractivity contribution in [1.29, 1.82) is 0 Å². The first-order valence-corrected chi connectivity index (χ1v) is 20.7. The van der Waals surface area contributed by atoms with Gasteiger partial charge in [0.25, 0.3) is 0 Å². The summed E-state index contributed by atoms with van der Waals surface area (Å²) >= 11 is 21.9. The third-order valence-electron chi connectivity index (χ3n) is 10.1. The van der Waals surface area contributed by atoms with Crippen LogP contribution in [0.5, 0.6) is 28.9 Å². The maximum Gasteiger partial charge on any atom is 0.347 e. The maximum absolute atomic E-state index is 13.6. The molecule has 0 unspecified atom stereocenters. The zero-order valence-electron chi connectivity index (χ0n) is 32.3. The number of para-hydroxylation sites is 1. The summed E-state index contributed by atoms with van der Waals surface area (Å²) in [4.78, 5) is 31.8. The Morgan fingerprint density at radius 3 is 2.53 bits per heavy atom. The van der Waals surface area contributed by atoms with Gasteiger partial charge >= 0.3 is 5.97 Å². The second kappa shape index (κ2) is 18.1. The van der Waals surface area contributed by atoms with Crippen LogP contribution in [-0.2, 0) is 22.6 Å². The van der Waals surface area contributed by atoms with Crippen LogP contribution < -0.4 is 23.7 Å². The summed E-state index contributed by atoms with van der Waals surface area (Å²) in [5, 5.41) is 1.24. The molecule has 0 aliphatic carbocycles. The van der Waals surface area contributed by atoms with Crippen molar-refractivity contribution < 1.29 is 33.2 Å². The number of halogens is 3. The zero-order valence-corrected chi connectivity index (χ0v) is 35.4. The number of nitrogens with zero attached hydrogens (tertiary/aromatic N) is 6. The molecule has 3 aliphatic heterocycles. The molecule has 17 heteroatoms. The maximum atomic E-state index is 13.6. The number of rotatable bonds is 8. The number of hydrogen-bond acceptors (Lipinski definition) is 14. The van der Waals surface area contributed by atoms with Gasteiger partial charge in [0, 0.05) is 62.7 Å². The second-order valence-electron chi connectivity index (χ2n) is 14.0. The van der Waals surface area contributed by atoms with Crippen molar-refractivity contribution in [3.8, 4) is 51.4 Å². The summed E-state index contributed by atoms with van der Waals surface area (Å²) in [6.45, 7) is 4.38. The molecule has 3 aromatic heterocycles. The number of fused-ring (bicyclic) bond motifs is 7. The van der Waals surface area contributed by atoms with E-state index >= 15 is 0 Å². The van der Waals surface area contributed by atoms with E-state index in [9.17, 15) is 4.79 Å². The molecule has 0 N–H and O–H groups in total. The number of methoxy groups -OCH3 is 2. The molecule has 1 saturated heterocycles. The van der Waals surface area contributed by atoms with Crippen molar-refractivity contribution >= 4 is 62.4 Å². The molecular formula is C42H39Cl3N6O7S. The van der Waals surface area contributed by atoms with E-state index in [-0.39, 0.29) is 40.7 Å². The van der Waals surface area contributed by atoms with Crippen molar-refractivity contribution in [2.45, 2.75) is 25.2 Å². The molecule has 4 bridgehead atoms. The molecule has 1 fully saturated rings. The van der Waals surface area contributed by atoms with Gasteiger partial charge in [-0.05, 0) is 72.7 Å². The molecule has 0 saturated carbocycles. The van der Waals surface area contributed by atoms with Gasteiger partial charge in [0.2, 0.25) is 12.0 Å². The van der Waals surface area contributed by atoms with Crippen LogP contribution in [0.25, 0.3) is 32.6 Å². The van der Waals surface area contributed by atoms with E-state index in [0.29, 0.717) is 67.8 Å². The lowest BCUT2D eigenvalue weighted by Crippen LogP contribution is -2.49. The van der Waals surface area contributed by atoms with Crippen LogP contribution >= 0.6 is 46.3 Å². The van der Waals surface area contributed by atoms with Crippen LogP contribution in [-0.4, -0.2) is 108 Å². The normalized spacial score (nSPS) is 17.4. The standard InChI is InChI=1S/C42H39Cl3N6O7S/c1-50-12-14-51(15-13-50)21-28-23-55-27-8-9-32(56-22-26-10-11-46-40(48-26)29-6-4-5-7-33(29)53-2)24(16-27)19-34(42(52)54-3)58-41-37-35(59-49-41)20-47-39(45)36(37)25-17-30(43)38(57-28)31(44)18-25/h4-11,16-18,20,28,34H,12-15,19,21-23H2,1-3H3/t28-,34+/m1/s1. The number of carbonyl (C=O) groups excluding carboxylic acids is 1. The van der Waals surface area contributed by atoms with Crippen LogP contribution in [0, 0.1) is 0 Å². The lowest BCUT2D eigenvalue weighted by molar-refractivity contribution is -0.148. The number of carbonyl (C=O) groups is 1. The van der Waals surface area contributed by atoms with Crippen molar-refractivity contribution in [1.82, 2.24) is 29.1 Å². The van der Waals surface area contributed by atoms with Crippen molar-refractivity contribution in [3.05, 3.63) is 99.5 Å². The van der Waals surface area contributed by atoms with Gasteiger partial charge in [0.1, 0.15) is 41.7 Å². The van der Waals surface area contributed by atoms with Gasteiger partial charge in [-0.2, -0.15) is 4.37 Å². The molecule has 3 aromatic carbocycles. The Hall–Kier alpha value is -4.96. The van der Waals surface area contributed by atoms with E-state index < -0.39 is 18.2 Å². The van der Waals surface area contributed by atoms with E-state index in [2.05, 4.69) is 31.2 Å². The second-order valence-corrected chi connectivity index (χ2v) is 16.0. The first-order chi connectivity index (χ1) is 28.7.